The van der Waals surface area contributed by atoms with E-state index in [1.54, 1.807) is 18.4 Å². The summed E-state index contributed by atoms with van der Waals surface area (Å²) in [7, 11) is 1.80. The van der Waals surface area contributed by atoms with E-state index in [2.05, 4.69) is 27.5 Å². The number of ether oxygens (including phenoxy) is 1. The van der Waals surface area contributed by atoms with Gasteiger partial charge in [-0.2, -0.15) is 0 Å². The molecule has 19 heavy (non-hydrogen) atoms. The molecule has 0 aromatic carbocycles. The van der Waals surface area contributed by atoms with Gasteiger partial charge >= 0.3 is 0 Å². The number of hydrogen-bond donors (Lipinski definition) is 2. The Morgan fingerprint density at radius 2 is 2.32 bits per heavy atom. The van der Waals surface area contributed by atoms with Crippen LogP contribution in [-0.2, 0) is 17.7 Å². The fraction of sp³-hybridized carbons (Fsp3) is 0.692. The van der Waals surface area contributed by atoms with Gasteiger partial charge in [0, 0.05) is 37.4 Å². The molecule has 0 aliphatic carbocycles. The van der Waals surface area contributed by atoms with Crippen LogP contribution in [0.5, 0.6) is 0 Å². The summed E-state index contributed by atoms with van der Waals surface area (Å²) in [6.45, 7) is 4.55. The van der Waals surface area contributed by atoms with E-state index in [9.17, 15) is 0 Å². The highest BCUT2D eigenvalue weighted by Gasteiger charge is 2.14. The molecule has 0 spiro atoms. The van der Waals surface area contributed by atoms with E-state index in [0.29, 0.717) is 6.04 Å². The number of hydrogen-bond acceptors (Lipinski definition) is 4. The Morgan fingerprint density at radius 1 is 1.53 bits per heavy atom. The summed E-state index contributed by atoms with van der Waals surface area (Å²) in [5.74, 6) is 0.847. The van der Waals surface area contributed by atoms with Crippen LogP contribution in [-0.4, -0.2) is 37.2 Å². The average molecular weight is 282 g/mol. The second kappa shape index (κ2) is 7.45. The van der Waals surface area contributed by atoms with Gasteiger partial charge < -0.3 is 15.4 Å². The lowest BCUT2D eigenvalue weighted by atomic mass is 10.1. The zero-order valence-electron chi connectivity index (χ0n) is 11.6. The van der Waals surface area contributed by atoms with Gasteiger partial charge in [0.15, 0.2) is 5.96 Å². The minimum absolute atomic E-state index is 0.461. The molecule has 1 saturated heterocycles. The second-order valence-corrected chi connectivity index (χ2v) is 5.73. The Morgan fingerprint density at radius 3 is 2.95 bits per heavy atom. The van der Waals surface area contributed by atoms with Gasteiger partial charge in [0.05, 0.1) is 6.54 Å². The van der Waals surface area contributed by atoms with E-state index in [4.69, 9.17) is 4.74 Å². The number of guanidine groups is 1. The van der Waals surface area contributed by atoms with Crippen molar-refractivity contribution in [3.8, 4) is 0 Å². The molecule has 2 N–H and O–H groups in total. The number of thiazole rings is 1. The smallest absolute Gasteiger partial charge is 0.191 e. The molecule has 2 rings (SSSR count). The van der Waals surface area contributed by atoms with Crippen LogP contribution < -0.4 is 10.6 Å². The highest BCUT2D eigenvalue weighted by molar-refractivity contribution is 7.11. The largest absolute Gasteiger partial charge is 0.381 e. The van der Waals surface area contributed by atoms with Crippen LogP contribution in [0.25, 0.3) is 0 Å². The predicted molar refractivity (Wildman–Crippen MR) is 78.7 cm³/mol. The molecule has 0 atom stereocenters. The first kappa shape index (κ1) is 14.3. The van der Waals surface area contributed by atoms with Crippen LogP contribution in [0.1, 0.15) is 29.7 Å². The van der Waals surface area contributed by atoms with Crippen molar-refractivity contribution in [2.45, 2.75) is 38.8 Å². The standard InChI is InChI=1S/C13H22N4OS/c1-3-11-8-15-12(19-11)9-16-13(14-2)17-10-4-6-18-7-5-10/h8,10H,3-7,9H2,1-2H3,(H2,14,16,17). The average Bonchev–Trinajstić information content (AvgIpc) is 2.92. The van der Waals surface area contributed by atoms with Crippen LogP contribution >= 0.6 is 11.3 Å². The Balaban J connectivity index is 1.78. The van der Waals surface area contributed by atoms with Crippen molar-refractivity contribution in [2.75, 3.05) is 20.3 Å². The van der Waals surface area contributed by atoms with Gasteiger partial charge in [-0.05, 0) is 19.3 Å². The molecule has 6 heteroatoms. The summed E-state index contributed by atoms with van der Waals surface area (Å²) in [6, 6.07) is 0.461. The summed E-state index contributed by atoms with van der Waals surface area (Å²) in [4.78, 5) is 9.97. The number of rotatable bonds is 4. The molecule has 0 radical (unpaired) electrons. The zero-order chi connectivity index (χ0) is 13.5. The fourth-order valence-electron chi connectivity index (χ4n) is 1.98. The lowest BCUT2D eigenvalue weighted by Gasteiger charge is -2.24. The molecule has 106 valence electrons. The van der Waals surface area contributed by atoms with Gasteiger partial charge in [-0.1, -0.05) is 6.92 Å². The third kappa shape index (κ3) is 4.47. The van der Waals surface area contributed by atoms with Crippen LogP contribution in [0.2, 0.25) is 0 Å². The lowest BCUT2D eigenvalue weighted by Crippen LogP contribution is -2.45. The van der Waals surface area contributed by atoms with Crippen molar-refractivity contribution in [1.82, 2.24) is 15.6 Å². The maximum atomic E-state index is 5.35. The third-order valence-electron chi connectivity index (χ3n) is 3.14. The summed E-state index contributed by atoms with van der Waals surface area (Å²) >= 11 is 1.76. The normalized spacial score (nSPS) is 17.5. The topological polar surface area (TPSA) is 58.5 Å². The van der Waals surface area contributed by atoms with E-state index in [1.807, 2.05) is 6.20 Å². The molecule has 1 aromatic rings. The van der Waals surface area contributed by atoms with Gasteiger partial charge in [0.25, 0.3) is 0 Å². The highest BCUT2D eigenvalue weighted by Crippen LogP contribution is 2.12. The van der Waals surface area contributed by atoms with Crippen molar-refractivity contribution in [3.05, 3.63) is 16.1 Å². The summed E-state index contributed by atoms with van der Waals surface area (Å²) < 4.78 is 5.35. The SMILES string of the molecule is CCc1cnc(CNC(=NC)NC2CCOCC2)s1. The maximum absolute atomic E-state index is 5.35. The summed E-state index contributed by atoms with van der Waals surface area (Å²) in [5, 5.41) is 7.85. The van der Waals surface area contributed by atoms with E-state index >= 15 is 0 Å². The minimum atomic E-state index is 0.461. The number of aryl methyl sites for hydroxylation is 1. The van der Waals surface area contributed by atoms with Crippen molar-refractivity contribution in [2.24, 2.45) is 4.99 Å². The van der Waals surface area contributed by atoms with Gasteiger partial charge in [-0.15, -0.1) is 11.3 Å². The van der Waals surface area contributed by atoms with E-state index in [1.165, 1.54) is 4.88 Å². The molecule has 2 heterocycles. The Kier molecular flexibility index (Phi) is 5.60. The molecule has 0 unspecified atom stereocenters. The molecule has 1 aliphatic rings. The van der Waals surface area contributed by atoms with E-state index in [0.717, 1.165) is 50.0 Å². The van der Waals surface area contributed by atoms with Crippen molar-refractivity contribution < 1.29 is 4.74 Å². The molecule has 0 amide bonds. The molecule has 0 bridgehead atoms. The van der Waals surface area contributed by atoms with Crippen LogP contribution in [0, 0.1) is 0 Å². The third-order valence-corrected chi connectivity index (χ3v) is 4.28. The van der Waals surface area contributed by atoms with Crippen molar-refractivity contribution >= 4 is 17.3 Å². The van der Waals surface area contributed by atoms with Gasteiger partial charge in [0.1, 0.15) is 5.01 Å². The molecular weight excluding hydrogens is 260 g/mol. The van der Waals surface area contributed by atoms with E-state index < -0.39 is 0 Å². The fourth-order valence-corrected chi connectivity index (χ4v) is 2.78. The number of aliphatic imine (C=N–C) groups is 1. The maximum Gasteiger partial charge on any atom is 0.191 e. The van der Waals surface area contributed by atoms with Crippen LogP contribution in [0.4, 0.5) is 0 Å². The summed E-state index contributed by atoms with van der Waals surface area (Å²) in [6.07, 6.45) is 5.08. The molecule has 0 saturated carbocycles. The van der Waals surface area contributed by atoms with E-state index in [-0.39, 0.29) is 0 Å². The number of nitrogens with zero attached hydrogens (tertiary/aromatic N) is 2. The Bertz CT molecular complexity index is 413. The summed E-state index contributed by atoms with van der Waals surface area (Å²) in [5.41, 5.74) is 0. The number of nitrogens with one attached hydrogen (secondary N) is 2. The van der Waals surface area contributed by atoms with Crippen LogP contribution in [0.3, 0.4) is 0 Å². The molecule has 1 aromatic heterocycles. The first-order valence-corrected chi connectivity index (χ1v) is 7.62. The minimum Gasteiger partial charge on any atom is -0.381 e. The predicted octanol–water partition coefficient (Wildman–Crippen LogP) is 1.55. The molecule has 1 fully saturated rings. The Labute approximate surface area is 118 Å². The van der Waals surface area contributed by atoms with Crippen molar-refractivity contribution in [3.63, 3.8) is 0 Å². The lowest BCUT2D eigenvalue weighted by molar-refractivity contribution is 0.0822. The van der Waals surface area contributed by atoms with Gasteiger partial charge in [-0.25, -0.2) is 4.98 Å². The van der Waals surface area contributed by atoms with Crippen LogP contribution in [0.15, 0.2) is 11.2 Å². The monoisotopic (exact) mass is 282 g/mol. The molecule has 5 nitrogen and oxygen atoms in total. The quantitative estimate of drug-likeness (QED) is 0.650. The first-order chi connectivity index (χ1) is 9.31. The molecular formula is C13H22N4OS. The highest BCUT2D eigenvalue weighted by atomic mass is 32.1. The van der Waals surface area contributed by atoms with Gasteiger partial charge in [-0.3, -0.25) is 4.99 Å². The number of aromatic nitrogens is 1. The zero-order valence-corrected chi connectivity index (χ0v) is 12.4. The second-order valence-electron chi connectivity index (χ2n) is 4.53. The first-order valence-electron chi connectivity index (χ1n) is 6.80. The van der Waals surface area contributed by atoms with Crippen molar-refractivity contribution in [1.29, 1.82) is 0 Å². The Hall–Kier alpha value is -1.14. The van der Waals surface area contributed by atoms with Gasteiger partial charge in [0.2, 0.25) is 0 Å². The molecule has 1 aliphatic heterocycles.